The largest absolute Gasteiger partial charge is 0.448 e. The molecular formula is C42H55NO6. The van der Waals surface area contributed by atoms with Crippen LogP contribution in [0, 0.1) is 16.2 Å². The number of hydrogen-bond acceptors (Lipinski definition) is 6. The minimum Gasteiger partial charge on any atom is -0.448 e. The summed E-state index contributed by atoms with van der Waals surface area (Å²) >= 11 is 0. The number of carbonyl (C=O) groups is 3. The van der Waals surface area contributed by atoms with Gasteiger partial charge in [-0.25, -0.2) is 0 Å². The lowest BCUT2D eigenvalue weighted by Crippen LogP contribution is -2.60. The molecule has 7 nitrogen and oxygen atoms in total. The van der Waals surface area contributed by atoms with Gasteiger partial charge in [-0.3, -0.25) is 14.4 Å². The number of amides is 1. The van der Waals surface area contributed by atoms with Crippen molar-refractivity contribution in [1.29, 1.82) is 0 Å². The zero-order valence-corrected chi connectivity index (χ0v) is 30.3. The first kappa shape index (κ1) is 35.5. The molecule has 0 spiro atoms. The lowest BCUT2D eigenvalue weighted by Gasteiger charge is -2.47. The van der Waals surface area contributed by atoms with Gasteiger partial charge < -0.3 is 19.8 Å². The highest BCUT2D eigenvalue weighted by Gasteiger charge is 2.76. The lowest BCUT2D eigenvalue weighted by atomic mass is 9.64. The molecule has 1 heterocycles. The highest BCUT2D eigenvalue weighted by Crippen LogP contribution is 2.66. The van der Waals surface area contributed by atoms with E-state index < -0.39 is 33.6 Å². The summed E-state index contributed by atoms with van der Waals surface area (Å²) in [6.07, 6.45) is 7.88. The average Bonchev–Trinajstić information content (AvgIpc) is 3.51. The molecule has 1 aliphatic heterocycles. The van der Waals surface area contributed by atoms with E-state index in [1.165, 1.54) is 5.57 Å². The van der Waals surface area contributed by atoms with Crippen LogP contribution in [-0.2, 0) is 20.7 Å². The Morgan fingerprint density at radius 1 is 0.980 bits per heavy atom. The summed E-state index contributed by atoms with van der Waals surface area (Å²) in [7, 11) is 0. The van der Waals surface area contributed by atoms with Crippen molar-refractivity contribution in [1.82, 2.24) is 4.90 Å². The van der Waals surface area contributed by atoms with E-state index in [1.54, 1.807) is 4.90 Å². The van der Waals surface area contributed by atoms with Crippen LogP contribution in [0.15, 0.2) is 60.2 Å². The van der Waals surface area contributed by atoms with Gasteiger partial charge in [-0.2, -0.15) is 0 Å². The molecular weight excluding hydrogens is 614 g/mol. The zero-order chi connectivity index (χ0) is 35.4. The highest BCUT2D eigenvalue weighted by molar-refractivity contribution is 6.10. The van der Waals surface area contributed by atoms with Gasteiger partial charge in [-0.1, -0.05) is 81.8 Å². The third-order valence-electron chi connectivity index (χ3n) is 13.6. The SMILES string of the molecule is CCCN(CC1(O)CCC2c3ccc(cc3C(=O)c3ccccc3)CC(O)CCC(C)=CCCC21C)C(=O)C12CCC(C)(C(=O)O1)C2(C)C. The number of ketones is 1. The van der Waals surface area contributed by atoms with E-state index >= 15 is 0 Å². The maximum Gasteiger partial charge on any atom is 0.313 e. The van der Waals surface area contributed by atoms with Gasteiger partial charge in [0.1, 0.15) is 0 Å². The predicted molar refractivity (Wildman–Crippen MR) is 190 cm³/mol. The first-order chi connectivity index (χ1) is 23.1. The van der Waals surface area contributed by atoms with E-state index in [4.69, 9.17) is 4.74 Å². The molecule has 3 fully saturated rings. The van der Waals surface area contributed by atoms with Crippen LogP contribution in [0.25, 0.3) is 0 Å². The van der Waals surface area contributed by atoms with Gasteiger partial charge in [0.25, 0.3) is 5.91 Å². The summed E-state index contributed by atoms with van der Waals surface area (Å²) in [5.41, 5.74) is -0.331. The topological polar surface area (TPSA) is 104 Å². The summed E-state index contributed by atoms with van der Waals surface area (Å²) in [4.78, 5) is 43.9. The number of rotatable bonds is 7. The number of hydrogen-bond donors (Lipinski definition) is 2. The zero-order valence-electron chi connectivity index (χ0n) is 30.3. The van der Waals surface area contributed by atoms with Crippen molar-refractivity contribution in [2.45, 2.75) is 129 Å². The van der Waals surface area contributed by atoms with Gasteiger partial charge in [0.15, 0.2) is 11.4 Å². The lowest BCUT2D eigenvalue weighted by molar-refractivity contribution is -0.177. The van der Waals surface area contributed by atoms with Crippen molar-refractivity contribution in [3.63, 3.8) is 0 Å². The fourth-order valence-electron chi connectivity index (χ4n) is 9.76. The Labute approximate surface area is 292 Å². The Balaban J connectivity index is 1.42. The number of fused-ring (bicyclic) bond motifs is 10. The predicted octanol–water partition coefficient (Wildman–Crippen LogP) is 7.32. The van der Waals surface area contributed by atoms with Crippen molar-refractivity contribution in [2.75, 3.05) is 13.1 Å². The maximum atomic E-state index is 14.7. The molecule has 2 saturated carbocycles. The third-order valence-corrected chi connectivity index (χ3v) is 13.6. The second-order valence-electron chi connectivity index (χ2n) is 16.5. The fourth-order valence-corrected chi connectivity index (χ4v) is 9.76. The van der Waals surface area contributed by atoms with Crippen LogP contribution >= 0.6 is 0 Å². The third kappa shape index (κ3) is 5.60. The molecule has 7 rings (SSSR count). The van der Waals surface area contributed by atoms with E-state index in [9.17, 15) is 24.6 Å². The van der Waals surface area contributed by atoms with Gasteiger partial charge in [-0.15, -0.1) is 0 Å². The molecule has 6 atom stereocenters. The van der Waals surface area contributed by atoms with Gasteiger partial charge in [0, 0.05) is 28.5 Å². The van der Waals surface area contributed by atoms with E-state index in [1.807, 2.05) is 76.2 Å². The monoisotopic (exact) mass is 669 g/mol. The number of nitrogens with zero attached hydrogens (tertiary/aromatic N) is 1. The van der Waals surface area contributed by atoms with Crippen molar-refractivity contribution in [3.8, 4) is 0 Å². The fraction of sp³-hybridized carbons (Fsp3) is 0.595. The van der Waals surface area contributed by atoms with E-state index in [0.717, 1.165) is 24.0 Å². The number of allylic oxidation sites excluding steroid dienone is 2. The summed E-state index contributed by atoms with van der Waals surface area (Å²) in [6, 6.07) is 15.4. The second kappa shape index (κ2) is 12.8. The van der Waals surface area contributed by atoms with Crippen LogP contribution in [-0.4, -0.2) is 63.2 Å². The summed E-state index contributed by atoms with van der Waals surface area (Å²) < 4.78 is 6.04. The molecule has 1 amide bonds. The maximum absolute atomic E-state index is 14.7. The molecule has 264 valence electrons. The van der Waals surface area contributed by atoms with Crippen LogP contribution in [0.2, 0.25) is 0 Å². The van der Waals surface area contributed by atoms with E-state index in [-0.39, 0.29) is 30.1 Å². The minimum absolute atomic E-state index is 0.0657. The van der Waals surface area contributed by atoms with Crippen LogP contribution in [0.1, 0.15) is 132 Å². The molecule has 7 heteroatoms. The first-order valence-corrected chi connectivity index (χ1v) is 18.4. The number of aliphatic hydroxyl groups excluding tert-OH is 1. The summed E-state index contributed by atoms with van der Waals surface area (Å²) in [5, 5.41) is 23.9. The smallest absolute Gasteiger partial charge is 0.313 e. The standard InChI is InChI=1S/C42H55NO6/c1-7-24-43(36(46)42-23-22-40(6,37(47)49-42)38(42,3)4)27-41(48)21-19-34-32-18-16-29(26-33(32)35(45)30-13-9-8-10-14-30)25-31(44)17-15-28(2)12-11-20-39(34,41)5/h8-10,12-14,16,18,26,31,34,44,48H,7,11,15,17,19-25,27H2,1-6H3. The Hall–Kier alpha value is -3.29. The van der Waals surface area contributed by atoms with Gasteiger partial charge in [0.05, 0.1) is 23.7 Å². The van der Waals surface area contributed by atoms with Crippen LogP contribution in [0.5, 0.6) is 0 Å². The van der Waals surface area contributed by atoms with Crippen molar-refractivity contribution in [3.05, 3.63) is 82.4 Å². The van der Waals surface area contributed by atoms with Crippen molar-refractivity contribution >= 4 is 17.7 Å². The highest BCUT2D eigenvalue weighted by atomic mass is 16.6. The molecule has 0 radical (unpaired) electrons. The van der Waals surface area contributed by atoms with Gasteiger partial charge in [-0.05, 0) is 101 Å². The van der Waals surface area contributed by atoms with Gasteiger partial charge >= 0.3 is 5.97 Å². The summed E-state index contributed by atoms with van der Waals surface area (Å²) in [5.74, 6) is -0.721. The van der Waals surface area contributed by atoms with Gasteiger partial charge in [0.2, 0.25) is 0 Å². The molecule has 2 aromatic carbocycles. The molecule has 6 unspecified atom stereocenters. The average molecular weight is 670 g/mol. The Bertz CT molecular complexity index is 1650. The number of aliphatic hydroxyl groups is 2. The number of benzene rings is 2. The van der Waals surface area contributed by atoms with Crippen molar-refractivity contribution < 1.29 is 29.3 Å². The van der Waals surface area contributed by atoms with E-state index in [0.29, 0.717) is 69.0 Å². The minimum atomic E-state index is -1.26. The van der Waals surface area contributed by atoms with E-state index in [2.05, 4.69) is 19.9 Å². The van der Waals surface area contributed by atoms with Crippen molar-refractivity contribution in [2.24, 2.45) is 16.2 Å². The Morgan fingerprint density at radius 3 is 2.37 bits per heavy atom. The number of carbonyl (C=O) groups excluding carboxylic acids is 3. The molecule has 49 heavy (non-hydrogen) atoms. The normalized spacial score (nSPS) is 33.8. The first-order valence-electron chi connectivity index (χ1n) is 18.4. The molecule has 4 aliphatic carbocycles. The van der Waals surface area contributed by atoms with Crippen LogP contribution in [0.3, 0.4) is 0 Å². The quantitative estimate of drug-likeness (QED) is 0.182. The molecule has 0 aromatic heterocycles. The second-order valence-corrected chi connectivity index (χ2v) is 16.5. The van der Waals surface area contributed by atoms with Crippen LogP contribution in [0.4, 0.5) is 0 Å². The Morgan fingerprint density at radius 2 is 1.71 bits per heavy atom. The molecule has 5 aliphatic rings. The molecule has 4 bridgehead atoms. The number of esters is 1. The Kier molecular flexibility index (Phi) is 9.28. The van der Waals surface area contributed by atoms with Crippen LogP contribution < -0.4 is 0 Å². The molecule has 2 aromatic rings. The molecule has 1 saturated heterocycles. The number of ether oxygens (including phenoxy) is 1. The molecule has 2 N–H and O–H groups in total. The summed E-state index contributed by atoms with van der Waals surface area (Å²) in [6.45, 7) is 12.7.